The molecule has 1 unspecified atom stereocenters. The van der Waals surface area contributed by atoms with E-state index in [1.807, 2.05) is 26.0 Å². The highest BCUT2D eigenvalue weighted by atomic mass is 32.2. The van der Waals surface area contributed by atoms with Crippen molar-refractivity contribution in [2.45, 2.75) is 43.7 Å². The van der Waals surface area contributed by atoms with E-state index in [4.69, 9.17) is 4.74 Å². The molecule has 1 atom stereocenters. The molecule has 0 fully saturated rings. The van der Waals surface area contributed by atoms with Crippen LogP contribution in [0.3, 0.4) is 0 Å². The van der Waals surface area contributed by atoms with Crippen LogP contribution in [-0.4, -0.2) is 34.7 Å². The fourth-order valence-electron chi connectivity index (χ4n) is 2.31. The number of nitrogens with one attached hydrogen (secondary N) is 2. The highest BCUT2D eigenvalue weighted by Gasteiger charge is 2.19. The number of aryl methyl sites for hydroxylation is 2. The number of urea groups is 1. The largest absolute Gasteiger partial charge is 0.466 e. The van der Waals surface area contributed by atoms with E-state index in [-0.39, 0.29) is 12.4 Å². The number of carbonyl (C=O) groups is 3. The number of ether oxygens (including phenoxy) is 1. The number of carbonyl (C=O) groups excluding carboxylic acids is 3. The molecule has 1 heterocycles. The van der Waals surface area contributed by atoms with Gasteiger partial charge in [-0.1, -0.05) is 29.5 Å². The first kappa shape index (κ1) is 21.9. The van der Waals surface area contributed by atoms with E-state index in [1.54, 1.807) is 25.3 Å². The zero-order valence-electron chi connectivity index (χ0n) is 16.2. The van der Waals surface area contributed by atoms with Gasteiger partial charge in [0.25, 0.3) is 0 Å². The predicted molar refractivity (Wildman–Crippen MR) is 111 cm³/mol. The lowest BCUT2D eigenvalue weighted by atomic mass is 10.1. The number of thiazole rings is 1. The number of thioether (sulfide) groups is 1. The van der Waals surface area contributed by atoms with Crippen molar-refractivity contribution >= 4 is 46.7 Å². The molecule has 2 rings (SSSR count). The third-order valence-corrected chi connectivity index (χ3v) is 5.80. The standard InChI is InChI=1S/C19H23N3O4S2/c1-5-26-16(23)9-14-10-27-19(20-14)28-13(4)17(24)22-18(25)21-15-7-6-11(2)8-12(15)3/h6-8,10,13H,5,9H2,1-4H3,(H2,21,22,24,25). The monoisotopic (exact) mass is 421 g/mol. The molecule has 28 heavy (non-hydrogen) atoms. The molecular weight excluding hydrogens is 398 g/mol. The number of aromatic nitrogens is 1. The lowest BCUT2D eigenvalue weighted by molar-refractivity contribution is -0.142. The second-order valence-corrected chi connectivity index (χ2v) is 8.55. The average molecular weight is 422 g/mol. The molecule has 150 valence electrons. The van der Waals surface area contributed by atoms with Crippen molar-refractivity contribution in [1.29, 1.82) is 0 Å². The second-order valence-electron chi connectivity index (χ2n) is 6.11. The molecule has 0 aliphatic heterocycles. The van der Waals surface area contributed by atoms with Crippen LogP contribution < -0.4 is 10.6 Å². The van der Waals surface area contributed by atoms with Gasteiger partial charge < -0.3 is 10.1 Å². The highest BCUT2D eigenvalue weighted by Crippen LogP contribution is 2.27. The van der Waals surface area contributed by atoms with Gasteiger partial charge in [0.05, 0.1) is 24.0 Å². The van der Waals surface area contributed by atoms with Crippen molar-refractivity contribution in [3.63, 3.8) is 0 Å². The van der Waals surface area contributed by atoms with Gasteiger partial charge in [0.15, 0.2) is 4.34 Å². The summed E-state index contributed by atoms with van der Waals surface area (Å²) in [6.07, 6.45) is 0.101. The number of imide groups is 1. The van der Waals surface area contributed by atoms with Crippen LogP contribution in [0, 0.1) is 13.8 Å². The number of hydrogen-bond acceptors (Lipinski definition) is 7. The first-order chi connectivity index (χ1) is 13.3. The summed E-state index contributed by atoms with van der Waals surface area (Å²) in [5.74, 6) is -0.757. The summed E-state index contributed by atoms with van der Waals surface area (Å²) >= 11 is 2.57. The summed E-state index contributed by atoms with van der Waals surface area (Å²) in [4.78, 5) is 40.2. The molecule has 7 nitrogen and oxygen atoms in total. The first-order valence-corrected chi connectivity index (χ1v) is 10.5. The van der Waals surface area contributed by atoms with Gasteiger partial charge in [0.1, 0.15) is 0 Å². The Balaban J connectivity index is 1.86. The molecule has 2 N–H and O–H groups in total. The molecular formula is C19H23N3O4S2. The number of esters is 1. The van der Waals surface area contributed by atoms with E-state index < -0.39 is 17.2 Å². The lowest BCUT2D eigenvalue weighted by Gasteiger charge is -2.12. The second kappa shape index (κ2) is 10.2. The average Bonchev–Trinajstić information content (AvgIpc) is 3.04. The third kappa shape index (κ3) is 6.65. The molecule has 2 aromatic rings. The maximum atomic E-state index is 12.3. The fraction of sp³-hybridized carbons (Fsp3) is 0.368. The summed E-state index contributed by atoms with van der Waals surface area (Å²) in [5, 5.41) is 6.26. The van der Waals surface area contributed by atoms with Gasteiger partial charge in [-0.15, -0.1) is 11.3 Å². The van der Waals surface area contributed by atoms with Crippen molar-refractivity contribution in [1.82, 2.24) is 10.3 Å². The van der Waals surface area contributed by atoms with Gasteiger partial charge in [-0.25, -0.2) is 9.78 Å². The van der Waals surface area contributed by atoms with Crippen LogP contribution in [0.25, 0.3) is 0 Å². The van der Waals surface area contributed by atoms with Crippen LogP contribution in [0.15, 0.2) is 27.9 Å². The van der Waals surface area contributed by atoms with Crippen LogP contribution >= 0.6 is 23.1 Å². The van der Waals surface area contributed by atoms with Crippen molar-refractivity contribution in [3.05, 3.63) is 40.4 Å². The van der Waals surface area contributed by atoms with Gasteiger partial charge in [-0.2, -0.15) is 0 Å². The highest BCUT2D eigenvalue weighted by molar-refractivity contribution is 8.02. The van der Waals surface area contributed by atoms with E-state index >= 15 is 0 Å². The minimum atomic E-state index is -0.577. The van der Waals surface area contributed by atoms with Gasteiger partial charge in [-0.3, -0.25) is 14.9 Å². The summed E-state index contributed by atoms with van der Waals surface area (Å²) in [7, 11) is 0. The van der Waals surface area contributed by atoms with Gasteiger partial charge >= 0.3 is 12.0 Å². The number of rotatable bonds is 7. The zero-order chi connectivity index (χ0) is 20.7. The fourth-order valence-corrected chi connectivity index (χ4v) is 4.29. The third-order valence-electron chi connectivity index (χ3n) is 3.68. The predicted octanol–water partition coefficient (Wildman–Crippen LogP) is 3.69. The SMILES string of the molecule is CCOC(=O)Cc1csc(SC(C)C(=O)NC(=O)Nc2ccc(C)cc2C)n1. The maximum Gasteiger partial charge on any atom is 0.325 e. The van der Waals surface area contributed by atoms with Crippen LogP contribution in [0.5, 0.6) is 0 Å². The molecule has 0 bridgehead atoms. The van der Waals surface area contributed by atoms with Crippen LogP contribution in [0.1, 0.15) is 30.7 Å². The first-order valence-electron chi connectivity index (χ1n) is 8.74. The quantitative estimate of drug-likeness (QED) is 0.523. The molecule has 0 aliphatic carbocycles. The number of hydrogen-bond donors (Lipinski definition) is 2. The van der Waals surface area contributed by atoms with Crippen LogP contribution in [0.4, 0.5) is 10.5 Å². The number of nitrogens with zero attached hydrogens (tertiary/aromatic N) is 1. The summed E-state index contributed by atoms with van der Waals surface area (Å²) in [6.45, 7) is 7.62. The topological polar surface area (TPSA) is 97.4 Å². The number of amides is 3. The normalized spacial score (nSPS) is 11.6. The van der Waals surface area contributed by atoms with Gasteiger partial charge in [0.2, 0.25) is 5.91 Å². The van der Waals surface area contributed by atoms with E-state index in [2.05, 4.69) is 15.6 Å². The van der Waals surface area contributed by atoms with E-state index in [9.17, 15) is 14.4 Å². The van der Waals surface area contributed by atoms with Crippen molar-refractivity contribution in [2.24, 2.45) is 0 Å². The molecule has 0 radical (unpaired) electrons. The summed E-state index contributed by atoms with van der Waals surface area (Å²) in [6, 6.07) is 5.06. The Labute approximate surface area is 172 Å². The van der Waals surface area contributed by atoms with Gasteiger partial charge in [0, 0.05) is 11.1 Å². The molecule has 0 saturated carbocycles. The Hall–Kier alpha value is -2.39. The molecule has 0 spiro atoms. The summed E-state index contributed by atoms with van der Waals surface area (Å²) in [5.41, 5.74) is 3.27. The van der Waals surface area contributed by atoms with E-state index in [1.165, 1.54) is 23.1 Å². The maximum absolute atomic E-state index is 12.3. The molecule has 9 heteroatoms. The Morgan fingerprint density at radius 3 is 2.71 bits per heavy atom. The van der Waals surface area contributed by atoms with Crippen LogP contribution in [0.2, 0.25) is 0 Å². The Kier molecular flexibility index (Phi) is 8.01. The zero-order valence-corrected chi connectivity index (χ0v) is 17.8. The van der Waals surface area contributed by atoms with E-state index in [0.717, 1.165) is 11.1 Å². The number of anilines is 1. The smallest absolute Gasteiger partial charge is 0.325 e. The Bertz CT molecular complexity index is 867. The van der Waals surface area contributed by atoms with Crippen molar-refractivity contribution < 1.29 is 19.1 Å². The minimum Gasteiger partial charge on any atom is -0.466 e. The van der Waals surface area contributed by atoms with E-state index in [0.29, 0.717) is 22.3 Å². The molecule has 3 amide bonds. The number of benzene rings is 1. The van der Waals surface area contributed by atoms with Crippen LogP contribution in [-0.2, 0) is 20.7 Å². The minimum absolute atomic E-state index is 0.101. The summed E-state index contributed by atoms with van der Waals surface area (Å²) < 4.78 is 5.54. The molecule has 1 aromatic heterocycles. The van der Waals surface area contributed by atoms with Crippen molar-refractivity contribution in [3.8, 4) is 0 Å². The Morgan fingerprint density at radius 2 is 2.04 bits per heavy atom. The van der Waals surface area contributed by atoms with Crippen molar-refractivity contribution in [2.75, 3.05) is 11.9 Å². The molecule has 1 aromatic carbocycles. The lowest BCUT2D eigenvalue weighted by Crippen LogP contribution is -2.39. The molecule has 0 saturated heterocycles. The molecule has 0 aliphatic rings. The van der Waals surface area contributed by atoms with Gasteiger partial charge in [-0.05, 0) is 39.3 Å². The Morgan fingerprint density at radius 1 is 1.29 bits per heavy atom.